The first-order valence-electron chi connectivity index (χ1n) is 10.5. The molecule has 0 spiro atoms. The van der Waals surface area contributed by atoms with Gasteiger partial charge in [-0.15, -0.1) is 0 Å². The van der Waals surface area contributed by atoms with Crippen LogP contribution in [0, 0.1) is 0 Å². The van der Waals surface area contributed by atoms with Crippen LogP contribution in [0.5, 0.6) is 0 Å². The molecule has 0 saturated carbocycles. The topological polar surface area (TPSA) is 61.4 Å². The number of carbonyl (C=O) groups is 2. The lowest BCUT2D eigenvalue weighted by Gasteiger charge is -2.33. The fourth-order valence-corrected chi connectivity index (χ4v) is 3.76. The highest BCUT2D eigenvalue weighted by Crippen LogP contribution is 2.20. The molecular weight excluding hydrogens is 362 g/mol. The van der Waals surface area contributed by atoms with Gasteiger partial charge >= 0.3 is 0 Å². The minimum absolute atomic E-state index is 0.108. The number of hydrogen-bond acceptors (Lipinski definition) is 3. The number of nitrogens with one attached hydrogen (secondary N) is 2. The molecule has 2 aromatic carbocycles. The summed E-state index contributed by atoms with van der Waals surface area (Å²) in [5, 5.41) is 5.79. The fourth-order valence-electron chi connectivity index (χ4n) is 3.76. The molecule has 5 nitrogen and oxygen atoms in total. The fraction of sp³-hybridized carbons (Fsp3) is 0.417. The standard InChI is InChI=1S/C24H31N3O2/c1-18(25-24(29)21-9-4-3-5-10-21)16-23(28)26-22-13-11-20(12-14-22)17-27-15-7-6-8-19(27)2/h3-5,9-14,18-19H,6-8,15-17H2,1-2H3,(H,25,29)(H,26,28). The maximum atomic E-state index is 12.3. The monoisotopic (exact) mass is 393 g/mol. The van der Waals surface area contributed by atoms with Gasteiger partial charge in [0.15, 0.2) is 0 Å². The maximum Gasteiger partial charge on any atom is 0.251 e. The SMILES string of the molecule is CC(CC(=O)Nc1ccc(CN2CCCCC2C)cc1)NC(=O)c1ccccc1. The smallest absolute Gasteiger partial charge is 0.251 e. The quantitative estimate of drug-likeness (QED) is 0.741. The molecule has 1 aliphatic heterocycles. The Bertz CT molecular complexity index is 805. The molecule has 1 heterocycles. The van der Waals surface area contributed by atoms with E-state index in [0.29, 0.717) is 11.6 Å². The van der Waals surface area contributed by atoms with Crippen molar-refractivity contribution in [3.05, 3.63) is 65.7 Å². The zero-order valence-corrected chi connectivity index (χ0v) is 17.4. The molecule has 154 valence electrons. The van der Waals surface area contributed by atoms with Crippen LogP contribution in [0.25, 0.3) is 0 Å². The highest BCUT2D eigenvalue weighted by molar-refractivity contribution is 5.95. The van der Waals surface area contributed by atoms with Crippen LogP contribution >= 0.6 is 0 Å². The van der Waals surface area contributed by atoms with Gasteiger partial charge in [0.1, 0.15) is 0 Å². The Balaban J connectivity index is 1.45. The second kappa shape index (κ2) is 10.2. The molecule has 0 radical (unpaired) electrons. The van der Waals surface area contributed by atoms with Crippen molar-refractivity contribution in [2.24, 2.45) is 0 Å². The molecule has 1 saturated heterocycles. The molecule has 2 amide bonds. The predicted molar refractivity (Wildman–Crippen MR) is 117 cm³/mol. The summed E-state index contributed by atoms with van der Waals surface area (Å²) in [6, 6.07) is 17.5. The molecule has 0 aliphatic carbocycles. The lowest BCUT2D eigenvalue weighted by atomic mass is 10.0. The molecule has 1 aliphatic rings. The largest absolute Gasteiger partial charge is 0.349 e. The number of rotatable bonds is 7. The number of piperidine rings is 1. The number of benzene rings is 2. The Labute approximate surface area is 173 Å². The van der Waals surface area contributed by atoms with Crippen molar-refractivity contribution in [2.75, 3.05) is 11.9 Å². The van der Waals surface area contributed by atoms with Gasteiger partial charge in [-0.2, -0.15) is 0 Å². The summed E-state index contributed by atoms with van der Waals surface area (Å²) in [7, 11) is 0. The van der Waals surface area contributed by atoms with E-state index in [2.05, 4.69) is 34.6 Å². The molecular formula is C24H31N3O2. The molecule has 2 N–H and O–H groups in total. The summed E-state index contributed by atoms with van der Waals surface area (Å²) in [6.45, 7) is 6.25. The van der Waals surface area contributed by atoms with Crippen molar-refractivity contribution in [1.29, 1.82) is 0 Å². The molecule has 0 bridgehead atoms. The van der Waals surface area contributed by atoms with Gasteiger partial charge in [-0.1, -0.05) is 36.8 Å². The van der Waals surface area contributed by atoms with Crippen LogP contribution < -0.4 is 10.6 Å². The Morgan fingerprint density at radius 2 is 1.79 bits per heavy atom. The summed E-state index contributed by atoms with van der Waals surface area (Å²) in [5.74, 6) is -0.273. The molecule has 0 aromatic heterocycles. The number of amides is 2. The minimum atomic E-state index is -0.248. The van der Waals surface area contributed by atoms with Gasteiger partial charge in [0.05, 0.1) is 0 Å². The van der Waals surface area contributed by atoms with E-state index in [9.17, 15) is 9.59 Å². The Kier molecular flexibility index (Phi) is 7.42. The van der Waals surface area contributed by atoms with Crippen molar-refractivity contribution in [3.63, 3.8) is 0 Å². The Morgan fingerprint density at radius 1 is 1.07 bits per heavy atom. The third-order valence-electron chi connectivity index (χ3n) is 5.47. The first-order valence-corrected chi connectivity index (χ1v) is 10.5. The Morgan fingerprint density at radius 3 is 2.48 bits per heavy atom. The molecule has 2 atom stereocenters. The number of likely N-dealkylation sites (tertiary alicyclic amines) is 1. The molecule has 3 rings (SSSR count). The van der Waals surface area contributed by atoms with Crippen LogP contribution in [0.2, 0.25) is 0 Å². The molecule has 2 aromatic rings. The summed E-state index contributed by atoms with van der Waals surface area (Å²) in [4.78, 5) is 27.0. The van der Waals surface area contributed by atoms with Gasteiger partial charge in [-0.25, -0.2) is 0 Å². The van der Waals surface area contributed by atoms with Gasteiger partial charge in [-0.3, -0.25) is 14.5 Å². The van der Waals surface area contributed by atoms with Crippen molar-refractivity contribution < 1.29 is 9.59 Å². The third kappa shape index (κ3) is 6.43. The highest BCUT2D eigenvalue weighted by atomic mass is 16.2. The van der Waals surface area contributed by atoms with Crippen molar-refractivity contribution in [2.45, 2.75) is 58.2 Å². The first-order chi connectivity index (χ1) is 14.0. The lowest BCUT2D eigenvalue weighted by Crippen LogP contribution is -2.36. The number of hydrogen-bond donors (Lipinski definition) is 2. The zero-order chi connectivity index (χ0) is 20.6. The average molecular weight is 394 g/mol. The number of anilines is 1. The van der Waals surface area contributed by atoms with Crippen LogP contribution in [0.4, 0.5) is 5.69 Å². The normalized spacial score (nSPS) is 18.1. The summed E-state index contributed by atoms with van der Waals surface area (Å²) in [5.41, 5.74) is 2.64. The average Bonchev–Trinajstić information content (AvgIpc) is 2.71. The molecule has 2 unspecified atom stereocenters. The van der Waals surface area contributed by atoms with Crippen molar-refractivity contribution >= 4 is 17.5 Å². The van der Waals surface area contributed by atoms with E-state index >= 15 is 0 Å². The molecule has 1 fully saturated rings. The van der Waals surface area contributed by atoms with Crippen LogP contribution in [0.1, 0.15) is 55.5 Å². The second-order valence-electron chi connectivity index (χ2n) is 8.01. The molecule has 29 heavy (non-hydrogen) atoms. The van der Waals surface area contributed by atoms with E-state index in [1.165, 1.54) is 24.8 Å². The van der Waals surface area contributed by atoms with Crippen LogP contribution in [0.3, 0.4) is 0 Å². The van der Waals surface area contributed by atoms with Crippen LogP contribution in [-0.4, -0.2) is 35.3 Å². The lowest BCUT2D eigenvalue weighted by molar-refractivity contribution is -0.116. The summed E-state index contributed by atoms with van der Waals surface area (Å²) < 4.78 is 0. The van der Waals surface area contributed by atoms with E-state index < -0.39 is 0 Å². The van der Waals surface area contributed by atoms with Gasteiger partial charge in [0.25, 0.3) is 5.91 Å². The zero-order valence-electron chi connectivity index (χ0n) is 17.4. The summed E-state index contributed by atoms with van der Waals surface area (Å²) >= 11 is 0. The van der Waals surface area contributed by atoms with E-state index in [4.69, 9.17) is 0 Å². The third-order valence-corrected chi connectivity index (χ3v) is 5.47. The van der Waals surface area contributed by atoms with Crippen LogP contribution in [-0.2, 0) is 11.3 Å². The van der Waals surface area contributed by atoms with E-state index in [1.54, 1.807) is 12.1 Å². The van der Waals surface area contributed by atoms with E-state index in [0.717, 1.165) is 18.8 Å². The maximum absolute atomic E-state index is 12.3. The Hall–Kier alpha value is -2.66. The molecule has 5 heteroatoms. The van der Waals surface area contributed by atoms with Crippen LogP contribution in [0.15, 0.2) is 54.6 Å². The number of nitrogens with zero attached hydrogens (tertiary/aromatic N) is 1. The summed E-state index contributed by atoms with van der Waals surface area (Å²) in [6.07, 6.45) is 4.10. The highest BCUT2D eigenvalue weighted by Gasteiger charge is 2.18. The number of carbonyl (C=O) groups excluding carboxylic acids is 2. The van der Waals surface area contributed by atoms with Crippen molar-refractivity contribution in [3.8, 4) is 0 Å². The van der Waals surface area contributed by atoms with Gasteiger partial charge in [-0.05, 0) is 63.1 Å². The van der Waals surface area contributed by atoms with E-state index in [1.807, 2.05) is 37.3 Å². The first kappa shape index (κ1) is 21.1. The van der Waals surface area contributed by atoms with Gasteiger partial charge < -0.3 is 10.6 Å². The van der Waals surface area contributed by atoms with E-state index in [-0.39, 0.29) is 24.3 Å². The predicted octanol–water partition coefficient (Wildman–Crippen LogP) is 4.21. The van der Waals surface area contributed by atoms with Crippen molar-refractivity contribution in [1.82, 2.24) is 10.2 Å². The minimum Gasteiger partial charge on any atom is -0.349 e. The van der Waals surface area contributed by atoms with Gasteiger partial charge in [0, 0.05) is 36.3 Å². The van der Waals surface area contributed by atoms with Gasteiger partial charge in [0.2, 0.25) is 5.91 Å². The second-order valence-corrected chi connectivity index (χ2v) is 8.01.